The van der Waals surface area contributed by atoms with Crippen LogP contribution in [0.25, 0.3) is 0 Å². The molecule has 136 valence electrons. The van der Waals surface area contributed by atoms with Gasteiger partial charge in [-0.1, -0.05) is 35.0 Å². The van der Waals surface area contributed by atoms with E-state index in [-0.39, 0.29) is 17.9 Å². The topological polar surface area (TPSA) is 41.9 Å². The van der Waals surface area contributed by atoms with Gasteiger partial charge in [-0.05, 0) is 19.4 Å². The molecular weight excluding hydrogens is 326 g/mol. The second kappa shape index (κ2) is 6.73. The number of amides is 1. The molecule has 4 nitrogen and oxygen atoms in total. The Morgan fingerprint density at radius 3 is 2.52 bits per heavy atom. The van der Waals surface area contributed by atoms with Gasteiger partial charge < -0.3 is 9.74 Å². The number of halogens is 2. The van der Waals surface area contributed by atoms with Crippen molar-refractivity contribution in [3.05, 3.63) is 35.4 Å². The molecule has 0 radical (unpaired) electrons. The number of piperidine rings is 1. The minimum Gasteiger partial charge on any atom is -0.388 e. The van der Waals surface area contributed by atoms with E-state index in [9.17, 15) is 13.6 Å². The molecular formula is C19H24F2N2O2. The van der Waals surface area contributed by atoms with Crippen molar-refractivity contribution < 1.29 is 18.4 Å². The maximum Gasteiger partial charge on any atom is 0.245 e. The zero-order valence-electron chi connectivity index (χ0n) is 14.7. The number of carbonyl (C=O) groups excluding carboxylic acids is 1. The highest BCUT2D eigenvalue weighted by molar-refractivity contribution is 6.01. The number of aryl methyl sites for hydroxylation is 1. The molecule has 1 amide bonds. The lowest BCUT2D eigenvalue weighted by molar-refractivity contribution is -0.138. The van der Waals surface area contributed by atoms with Crippen molar-refractivity contribution in [3.8, 4) is 0 Å². The van der Waals surface area contributed by atoms with Crippen LogP contribution in [0.2, 0.25) is 0 Å². The second-order valence-electron chi connectivity index (χ2n) is 7.31. The van der Waals surface area contributed by atoms with Gasteiger partial charge in [-0.25, -0.2) is 8.78 Å². The molecule has 2 aliphatic rings. The third kappa shape index (κ3) is 4.35. The number of hydrogen-bond donors (Lipinski definition) is 0. The van der Waals surface area contributed by atoms with E-state index in [1.807, 2.05) is 31.2 Å². The van der Waals surface area contributed by atoms with Gasteiger partial charge in [0.15, 0.2) is 0 Å². The largest absolute Gasteiger partial charge is 0.388 e. The van der Waals surface area contributed by atoms with Gasteiger partial charge in [0.05, 0.1) is 5.71 Å². The number of carbonyl (C=O) groups is 1. The van der Waals surface area contributed by atoms with Gasteiger partial charge in [-0.3, -0.25) is 4.79 Å². The summed E-state index contributed by atoms with van der Waals surface area (Å²) < 4.78 is 25.8. The summed E-state index contributed by atoms with van der Waals surface area (Å²) in [6.45, 7) is 3.96. The molecule has 0 unspecified atom stereocenters. The van der Waals surface area contributed by atoms with E-state index < -0.39 is 12.3 Å². The van der Waals surface area contributed by atoms with Gasteiger partial charge >= 0.3 is 0 Å². The zero-order valence-corrected chi connectivity index (χ0v) is 14.7. The monoisotopic (exact) mass is 350 g/mol. The van der Waals surface area contributed by atoms with Gasteiger partial charge in [0.2, 0.25) is 11.8 Å². The van der Waals surface area contributed by atoms with Crippen molar-refractivity contribution in [2.24, 2.45) is 5.16 Å². The third-order valence-electron chi connectivity index (χ3n) is 5.03. The highest BCUT2D eigenvalue weighted by Gasteiger charge is 2.43. The highest BCUT2D eigenvalue weighted by Crippen LogP contribution is 2.36. The summed E-state index contributed by atoms with van der Waals surface area (Å²) in [5.74, 6) is -2.99. The van der Waals surface area contributed by atoms with Crippen LogP contribution in [0, 0.1) is 6.92 Å². The standard InChI is InChI=1S/C19H24F2N2O2/c1-14-3-5-15(6-4-14)16-13-19(25-22-16)9-11-23(12-10-19)17(24)7-8-18(2,20)21/h3-6H,7-13H2,1-2H3. The Bertz CT molecular complexity index is 657. The first-order valence-electron chi connectivity index (χ1n) is 8.74. The summed E-state index contributed by atoms with van der Waals surface area (Å²) >= 11 is 0. The quantitative estimate of drug-likeness (QED) is 0.826. The fourth-order valence-corrected chi connectivity index (χ4v) is 3.34. The lowest BCUT2D eigenvalue weighted by Gasteiger charge is -2.37. The van der Waals surface area contributed by atoms with Crippen molar-refractivity contribution in [1.29, 1.82) is 0 Å². The minimum atomic E-state index is -2.79. The highest BCUT2D eigenvalue weighted by atomic mass is 19.3. The van der Waals surface area contributed by atoms with Crippen molar-refractivity contribution in [2.45, 2.75) is 57.5 Å². The first kappa shape index (κ1) is 17.8. The van der Waals surface area contributed by atoms with E-state index >= 15 is 0 Å². The maximum absolute atomic E-state index is 12.9. The molecule has 1 aromatic carbocycles. The molecule has 0 atom stereocenters. The number of oxime groups is 1. The van der Waals surface area contributed by atoms with Crippen LogP contribution in [0.3, 0.4) is 0 Å². The summed E-state index contributed by atoms with van der Waals surface area (Å²) in [6, 6.07) is 8.18. The van der Waals surface area contributed by atoms with Crippen molar-refractivity contribution in [2.75, 3.05) is 13.1 Å². The average Bonchev–Trinajstić information content (AvgIpc) is 2.97. The number of rotatable bonds is 4. The van der Waals surface area contributed by atoms with Gasteiger partial charge in [0.1, 0.15) is 5.60 Å². The first-order chi connectivity index (χ1) is 11.8. The molecule has 0 aliphatic carbocycles. The van der Waals surface area contributed by atoms with E-state index in [1.54, 1.807) is 4.90 Å². The maximum atomic E-state index is 12.9. The smallest absolute Gasteiger partial charge is 0.245 e. The van der Waals surface area contributed by atoms with Crippen molar-refractivity contribution in [1.82, 2.24) is 4.90 Å². The van der Waals surface area contributed by atoms with Gasteiger partial charge in [0.25, 0.3) is 0 Å². The van der Waals surface area contributed by atoms with Crippen LogP contribution in [-0.2, 0) is 9.63 Å². The normalized spacial score (nSPS) is 19.7. The summed E-state index contributed by atoms with van der Waals surface area (Å²) in [5, 5.41) is 4.27. The lowest BCUT2D eigenvalue weighted by atomic mass is 9.85. The Balaban J connectivity index is 1.53. The number of alkyl halides is 2. The van der Waals surface area contributed by atoms with Crippen LogP contribution in [-0.4, -0.2) is 41.1 Å². The molecule has 1 saturated heterocycles. The van der Waals surface area contributed by atoms with Crippen molar-refractivity contribution >= 4 is 11.6 Å². The van der Waals surface area contributed by atoms with E-state index in [1.165, 1.54) is 5.56 Å². The summed E-state index contributed by atoms with van der Waals surface area (Å²) in [5.41, 5.74) is 2.84. The number of hydrogen-bond acceptors (Lipinski definition) is 3. The second-order valence-corrected chi connectivity index (χ2v) is 7.31. The molecule has 3 rings (SSSR count). The molecule has 1 aromatic rings. The summed E-state index contributed by atoms with van der Waals surface area (Å²) in [7, 11) is 0. The van der Waals surface area contributed by atoms with Crippen LogP contribution >= 0.6 is 0 Å². The molecule has 1 spiro atoms. The number of likely N-dealkylation sites (tertiary alicyclic amines) is 1. The predicted octanol–water partition coefficient (Wildman–Crippen LogP) is 3.92. The minimum absolute atomic E-state index is 0.109. The van der Waals surface area contributed by atoms with Crippen LogP contribution in [0.1, 0.15) is 50.2 Å². The average molecular weight is 350 g/mol. The van der Waals surface area contributed by atoms with Gasteiger partial charge in [-0.15, -0.1) is 0 Å². The summed E-state index contributed by atoms with van der Waals surface area (Å²) in [4.78, 5) is 19.5. The summed E-state index contributed by atoms with van der Waals surface area (Å²) in [6.07, 6.45) is 1.58. The Morgan fingerprint density at radius 2 is 1.92 bits per heavy atom. The Morgan fingerprint density at radius 1 is 1.28 bits per heavy atom. The van der Waals surface area contributed by atoms with E-state index in [4.69, 9.17) is 4.84 Å². The molecule has 1 fully saturated rings. The Kier molecular flexibility index (Phi) is 4.80. The SMILES string of the molecule is Cc1ccc(C2=NOC3(CCN(C(=O)CCC(C)(F)F)CC3)C2)cc1. The lowest BCUT2D eigenvalue weighted by Crippen LogP contribution is -2.47. The van der Waals surface area contributed by atoms with E-state index in [0.29, 0.717) is 25.9 Å². The molecule has 0 N–H and O–H groups in total. The molecule has 2 aliphatic heterocycles. The molecule has 0 saturated carbocycles. The third-order valence-corrected chi connectivity index (χ3v) is 5.03. The van der Waals surface area contributed by atoms with Crippen LogP contribution < -0.4 is 0 Å². The predicted molar refractivity (Wildman–Crippen MR) is 91.8 cm³/mol. The van der Waals surface area contributed by atoms with Crippen LogP contribution in [0.5, 0.6) is 0 Å². The van der Waals surface area contributed by atoms with Crippen molar-refractivity contribution in [3.63, 3.8) is 0 Å². The van der Waals surface area contributed by atoms with E-state index in [0.717, 1.165) is 24.6 Å². The van der Waals surface area contributed by atoms with Gasteiger partial charge in [0, 0.05) is 45.2 Å². The first-order valence-corrected chi connectivity index (χ1v) is 8.74. The molecule has 6 heteroatoms. The van der Waals surface area contributed by atoms with E-state index in [2.05, 4.69) is 5.16 Å². The number of nitrogens with zero attached hydrogens (tertiary/aromatic N) is 2. The van der Waals surface area contributed by atoms with Gasteiger partial charge in [-0.2, -0.15) is 0 Å². The molecule has 2 heterocycles. The molecule has 25 heavy (non-hydrogen) atoms. The zero-order chi connectivity index (χ0) is 18.1. The van der Waals surface area contributed by atoms with Crippen LogP contribution in [0.15, 0.2) is 29.4 Å². The molecule has 0 aromatic heterocycles. The fourth-order valence-electron chi connectivity index (χ4n) is 3.34. The molecule has 0 bridgehead atoms. The Hall–Kier alpha value is -1.98. The Labute approximate surface area is 146 Å². The number of benzene rings is 1. The fraction of sp³-hybridized carbons (Fsp3) is 0.579. The van der Waals surface area contributed by atoms with Crippen LogP contribution in [0.4, 0.5) is 8.78 Å².